The number of hydrogen-bond donors (Lipinski definition) is 1. The second kappa shape index (κ2) is 9.44. The van der Waals surface area contributed by atoms with E-state index in [2.05, 4.69) is 10.1 Å². The maximum Gasteiger partial charge on any atom is 0.426 e. The molecule has 1 aliphatic rings. The van der Waals surface area contributed by atoms with E-state index in [1.165, 1.54) is 46.1 Å². The van der Waals surface area contributed by atoms with Gasteiger partial charge in [-0.1, -0.05) is 20.8 Å². The predicted molar refractivity (Wildman–Crippen MR) is 119 cm³/mol. The third-order valence-electron chi connectivity index (χ3n) is 5.05. The molecule has 0 aliphatic carbocycles. The summed E-state index contributed by atoms with van der Waals surface area (Å²) in [4.78, 5) is 12.0. The number of carbonyl (C=O) groups excluding carboxylic acids is 1. The van der Waals surface area contributed by atoms with E-state index < -0.39 is 39.6 Å². The fourth-order valence-electron chi connectivity index (χ4n) is 3.44. The van der Waals surface area contributed by atoms with Gasteiger partial charge in [-0.15, -0.1) is 0 Å². The number of anilines is 2. The van der Waals surface area contributed by atoms with Crippen LogP contribution in [0.5, 0.6) is 11.5 Å². The van der Waals surface area contributed by atoms with Crippen LogP contribution in [-0.4, -0.2) is 47.1 Å². The topological polar surface area (TPSA) is 94.2 Å². The molecule has 0 saturated heterocycles. The largest absolute Gasteiger partial charge is 0.494 e. The summed E-state index contributed by atoms with van der Waals surface area (Å²) in [6.07, 6.45) is -8.53. The lowest BCUT2D eigenvalue weighted by Gasteiger charge is -2.32. The quantitative estimate of drug-likeness (QED) is 0.561. The Morgan fingerprint density at radius 3 is 2.43 bits per heavy atom. The second-order valence-corrected chi connectivity index (χ2v) is 10.6. The number of benzene rings is 2. The van der Waals surface area contributed by atoms with Gasteiger partial charge in [0, 0.05) is 17.2 Å². The van der Waals surface area contributed by atoms with Crippen molar-refractivity contribution in [3.8, 4) is 11.5 Å². The molecule has 1 unspecified atom stereocenters. The van der Waals surface area contributed by atoms with Crippen LogP contribution in [0.3, 0.4) is 0 Å². The molecule has 1 amide bonds. The molecule has 0 bridgehead atoms. The minimum atomic E-state index is -4.79. The van der Waals surface area contributed by atoms with Gasteiger partial charge in [-0.05, 0) is 30.3 Å². The van der Waals surface area contributed by atoms with Crippen LogP contribution in [0.1, 0.15) is 20.8 Å². The minimum Gasteiger partial charge on any atom is -0.494 e. The molecular weight excluding hydrogens is 496 g/mol. The maximum atomic E-state index is 13.8. The number of alkyl halides is 3. The van der Waals surface area contributed by atoms with Crippen molar-refractivity contribution in [2.24, 2.45) is 5.41 Å². The molecular formula is C22H24F4N2O6S. The van der Waals surface area contributed by atoms with Crippen LogP contribution in [0.2, 0.25) is 0 Å². The molecule has 0 spiro atoms. The van der Waals surface area contributed by atoms with E-state index in [9.17, 15) is 30.8 Å². The lowest BCUT2D eigenvalue weighted by atomic mass is 9.88. The van der Waals surface area contributed by atoms with E-state index in [-0.39, 0.29) is 40.9 Å². The van der Waals surface area contributed by atoms with Crippen LogP contribution in [0.4, 0.5) is 33.7 Å². The molecule has 1 N–H and O–H groups in total. The Morgan fingerprint density at radius 1 is 1.14 bits per heavy atom. The Morgan fingerprint density at radius 2 is 1.83 bits per heavy atom. The van der Waals surface area contributed by atoms with E-state index in [0.717, 1.165) is 22.5 Å². The van der Waals surface area contributed by atoms with Gasteiger partial charge in [0.05, 0.1) is 24.2 Å². The number of sulfonamides is 1. The molecule has 13 heteroatoms. The fraction of sp³-hybridized carbons (Fsp3) is 0.409. The summed E-state index contributed by atoms with van der Waals surface area (Å²) in [6, 6.07) is 6.98. The number of halogens is 4. The Hall–Kier alpha value is -3.22. The molecule has 0 saturated carbocycles. The van der Waals surface area contributed by atoms with Gasteiger partial charge in [0.1, 0.15) is 12.4 Å². The highest BCUT2D eigenvalue weighted by Crippen LogP contribution is 2.39. The van der Waals surface area contributed by atoms with Crippen LogP contribution in [0, 0.1) is 11.2 Å². The SMILES string of the molecule is COc1cc(S(=O)(=O)N2CCOc3ccc(NC(=O)OC(C(C)(C)C)C(F)(F)F)cc32)ccc1F. The molecule has 0 fully saturated rings. The number of fused-ring (bicyclic) bond motifs is 1. The highest BCUT2D eigenvalue weighted by Gasteiger charge is 2.50. The number of nitrogens with one attached hydrogen (secondary N) is 1. The molecule has 2 aromatic rings. The van der Waals surface area contributed by atoms with Gasteiger partial charge < -0.3 is 14.2 Å². The summed E-state index contributed by atoms with van der Waals surface area (Å²) in [5.74, 6) is -0.849. The Labute approximate surface area is 199 Å². The van der Waals surface area contributed by atoms with Crippen molar-refractivity contribution in [2.45, 2.75) is 37.9 Å². The van der Waals surface area contributed by atoms with Crippen molar-refractivity contribution in [3.63, 3.8) is 0 Å². The van der Waals surface area contributed by atoms with Gasteiger partial charge in [-0.25, -0.2) is 17.6 Å². The van der Waals surface area contributed by atoms with Crippen molar-refractivity contribution >= 4 is 27.5 Å². The summed E-state index contributed by atoms with van der Waals surface area (Å²) in [7, 11) is -3.02. The van der Waals surface area contributed by atoms with Crippen molar-refractivity contribution < 1.29 is 45.0 Å². The zero-order valence-electron chi connectivity index (χ0n) is 19.3. The summed E-state index contributed by atoms with van der Waals surface area (Å²) in [5, 5.41) is 2.20. The zero-order chi connectivity index (χ0) is 26.2. The molecule has 8 nitrogen and oxygen atoms in total. The van der Waals surface area contributed by atoms with Gasteiger partial charge in [0.25, 0.3) is 10.0 Å². The number of ether oxygens (including phenoxy) is 3. The van der Waals surface area contributed by atoms with Gasteiger partial charge in [-0.3, -0.25) is 9.62 Å². The van der Waals surface area contributed by atoms with Gasteiger partial charge in [-0.2, -0.15) is 13.2 Å². The number of carbonyl (C=O) groups is 1. The zero-order valence-corrected chi connectivity index (χ0v) is 20.1. The van der Waals surface area contributed by atoms with Crippen LogP contribution < -0.4 is 19.1 Å². The smallest absolute Gasteiger partial charge is 0.426 e. The first-order chi connectivity index (χ1) is 16.1. The van der Waals surface area contributed by atoms with Crippen LogP contribution in [-0.2, 0) is 14.8 Å². The monoisotopic (exact) mass is 520 g/mol. The Bertz CT molecular complexity index is 1200. The number of nitrogens with zero attached hydrogens (tertiary/aromatic N) is 1. The molecule has 1 heterocycles. The number of methoxy groups -OCH3 is 1. The van der Waals surface area contributed by atoms with E-state index in [0.29, 0.717) is 0 Å². The summed E-state index contributed by atoms with van der Waals surface area (Å²) in [5.41, 5.74) is -1.41. The van der Waals surface area contributed by atoms with Crippen molar-refractivity contribution in [3.05, 3.63) is 42.2 Å². The van der Waals surface area contributed by atoms with Crippen LogP contribution in [0.15, 0.2) is 41.3 Å². The number of hydrogen-bond acceptors (Lipinski definition) is 6. The van der Waals surface area contributed by atoms with Crippen molar-refractivity contribution in [1.82, 2.24) is 0 Å². The van der Waals surface area contributed by atoms with E-state index in [1.807, 2.05) is 0 Å². The average Bonchev–Trinajstić information content (AvgIpc) is 2.75. The number of rotatable bonds is 5. The first kappa shape index (κ1) is 26.4. The lowest BCUT2D eigenvalue weighted by molar-refractivity contribution is -0.229. The molecule has 192 valence electrons. The van der Waals surface area contributed by atoms with E-state index >= 15 is 0 Å². The molecule has 3 rings (SSSR count). The minimum absolute atomic E-state index is 0.0121. The standard InChI is InChI=1S/C22H24F4N2O6S/c1-21(2,3)19(22(24,25)26)34-20(29)27-13-5-8-17-16(11-13)28(9-10-33-17)35(30,31)14-6-7-15(23)18(12-14)32-4/h5-8,11-12,19H,9-10H2,1-4H3,(H,27,29). The summed E-state index contributed by atoms with van der Waals surface area (Å²) >= 11 is 0. The molecule has 0 radical (unpaired) electrons. The summed E-state index contributed by atoms with van der Waals surface area (Å²) in [6.45, 7) is 3.74. The Balaban J connectivity index is 1.90. The molecule has 35 heavy (non-hydrogen) atoms. The Kier molecular flexibility index (Phi) is 7.12. The van der Waals surface area contributed by atoms with E-state index in [4.69, 9.17) is 9.47 Å². The highest BCUT2D eigenvalue weighted by atomic mass is 32.2. The molecule has 1 aliphatic heterocycles. The maximum absolute atomic E-state index is 13.8. The van der Waals surface area contributed by atoms with Crippen molar-refractivity contribution in [2.75, 3.05) is 29.9 Å². The predicted octanol–water partition coefficient (Wildman–Crippen LogP) is 4.95. The fourth-order valence-corrected chi connectivity index (χ4v) is 4.90. The van der Waals surface area contributed by atoms with Gasteiger partial charge in [0.2, 0.25) is 6.10 Å². The summed E-state index contributed by atoms with van der Waals surface area (Å²) < 4.78 is 96.3. The first-order valence-electron chi connectivity index (χ1n) is 10.3. The third kappa shape index (κ3) is 5.72. The van der Waals surface area contributed by atoms with Gasteiger partial charge in [0.15, 0.2) is 11.6 Å². The molecule has 0 aromatic heterocycles. The van der Waals surface area contributed by atoms with Gasteiger partial charge >= 0.3 is 12.3 Å². The second-order valence-electron chi connectivity index (χ2n) is 8.72. The lowest BCUT2D eigenvalue weighted by Crippen LogP contribution is -2.44. The molecule has 2 aromatic carbocycles. The first-order valence-corrected chi connectivity index (χ1v) is 11.8. The highest BCUT2D eigenvalue weighted by molar-refractivity contribution is 7.92. The molecule has 1 atom stereocenters. The number of amides is 1. The normalized spacial score (nSPS) is 15.0. The third-order valence-corrected chi connectivity index (χ3v) is 6.85. The van der Waals surface area contributed by atoms with Crippen LogP contribution >= 0.6 is 0 Å². The van der Waals surface area contributed by atoms with Crippen LogP contribution in [0.25, 0.3) is 0 Å². The average molecular weight is 521 g/mol. The van der Waals surface area contributed by atoms with Crippen molar-refractivity contribution in [1.29, 1.82) is 0 Å². The van der Waals surface area contributed by atoms with E-state index in [1.54, 1.807) is 0 Å².